The lowest BCUT2D eigenvalue weighted by Gasteiger charge is -2.32. The Kier molecular flexibility index (Phi) is 12.1. The summed E-state index contributed by atoms with van der Waals surface area (Å²) in [4.78, 5) is 27.6. The lowest BCUT2D eigenvalue weighted by Crippen LogP contribution is -2.39. The van der Waals surface area contributed by atoms with Gasteiger partial charge in [0.25, 0.3) is 0 Å². The van der Waals surface area contributed by atoms with E-state index in [0.29, 0.717) is 5.92 Å². The van der Waals surface area contributed by atoms with Crippen LogP contribution >= 0.6 is 0 Å². The number of nitrogens with zero attached hydrogens (tertiary/aromatic N) is 1. The molecule has 1 fully saturated rings. The normalized spacial score (nSPS) is 34.7. The van der Waals surface area contributed by atoms with Gasteiger partial charge in [0.1, 0.15) is 18.3 Å². The van der Waals surface area contributed by atoms with Gasteiger partial charge in [0, 0.05) is 19.0 Å². The van der Waals surface area contributed by atoms with E-state index in [1.165, 1.54) is 0 Å². The average molecular weight is 429 g/mol. The molecule has 0 spiro atoms. The van der Waals surface area contributed by atoms with Crippen molar-refractivity contribution in [1.29, 1.82) is 0 Å². The van der Waals surface area contributed by atoms with Gasteiger partial charge in [-0.3, -0.25) is 9.59 Å². The van der Waals surface area contributed by atoms with Crippen LogP contribution in [0.2, 0.25) is 0 Å². The van der Waals surface area contributed by atoms with Gasteiger partial charge >= 0.3 is 5.97 Å². The molecule has 7 heteroatoms. The molecule has 7 atom stereocenters. The molecular weight excluding hydrogens is 384 g/mol. The zero-order chi connectivity index (χ0) is 22.8. The smallest absolute Gasteiger partial charge is 0.313 e. The van der Waals surface area contributed by atoms with E-state index in [1.807, 2.05) is 6.92 Å². The number of hydrogen-bond acceptors (Lipinski definition) is 7. The third kappa shape index (κ3) is 9.00. The summed E-state index contributed by atoms with van der Waals surface area (Å²) in [6.45, 7) is 12.3. The maximum Gasteiger partial charge on any atom is 0.313 e. The highest BCUT2D eigenvalue weighted by molar-refractivity contribution is 5.97. The summed E-state index contributed by atoms with van der Waals surface area (Å²) in [7, 11) is 2.12. The molecule has 1 heterocycles. The number of carbonyl (C=O) groups is 2. The number of ketones is 1. The molecule has 0 amide bonds. The molecule has 0 aromatic heterocycles. The predicted molar refractivity (Wildman–Crippen MR) is 118 cm³/mol. The monoisotopic (exact) mass is 428 g/mol. The number of aliphatic hydroxyl groups is 1. The molecular formula is C23H44N2O5. The summed E-state index contributed by atoms with van der Waals surface area (Å²) in [5.74, 6) is -0.345. The van der Waals surface area contributed by atoms with Crippen molar-refractivity contribution in [3.63, 3.8) is 0 Å². The van der Waals surface area contributed by atoms with E-state index >= 15 is 0 Å². The van der Waals surface area contributed by atoms with Gasteiger partial charge in [0.05, 0.1) is 18.8 Å². The number of ether oxygens (including phenoxy) is 2. The Bertz CT molecular complexity index is 530. The summed E-state index contributed by atoms with van der Waals surface area (Å²) in [6, 6.07) is 0. The minimum atomic E-state index is -0.767. The molecule has 0 bridgehead atoms. The SMILES string of the molecule is CC[C@H]1OC(=O)CC(=O)[C@H](C)[C@@H](OCC(O)CN)[C@@H](C)C[C@@H](C)CN(C)CC[C@H]1C. The highest BCUT2D eigenvalue weighted by Crippen LogP contribution is 2.27. The van der Waals surface area contributed by atoms with Gasteiger partial charge in [-0.1, -0.05) is 34.6 Å². The Morgan fingerprint density at radius 2 is 1.90 bits per heavy atom. The van der Waals surface area contributed by atoms with E-state index in [4.69, 9.17) is 15.2 Å². The second-order valence-electron chi connectivity index (χ2n) is 9.40. The predicted octanol–water partition coefficient (Wildman–Crippen LogP) is 2.24. The summed E-state index contributed by atoms with van der Waals surface area (Å²) in [5, 5.41) is 9.83. The van der Waals surface area contributed by atoms with Crippen molar-refractivity contribution in [3.05, 3.63) is 0 Å². The Morgan fingerprint density at radius 3 is 2.50 bits per heavy atom. The van der Waals surface area contributed by atoms with Crippen LogP contribution in [0.4, 0.5) is 0 Å². The number of Topliss-reactive ketones (excluding diaryl/α,β-unsaturated/α-hetero) is 1. The van der Waals surface area contributed by atoms with Crippen molar-refractivity contribution in [2.45, 2.75) is 78.6 Å². The maximum atomic E-state index is 12.9. The summed E-state index contributed by atoms with van der Waals surface area (Å²) < 4.78 is 11.6. The maximum absolute atomic E-state index is 12.9. The minimum absolute atomic E-state index is 0.0806. The summed E-state index contributed by atoms with van der Waals surface area (Å²) in [5.41, 5.74) is 5.50. The van der Waals surface area contributed by atoms with E-state index in [2.05, 4.69) is 32.7 Å². The second-order valence-corrected chi connectivity index (χ2v) is 9.40. The first-order valence-electron chi connectivity index (χ1n) is 11.5. The molecule has 7 nitrogen and oxygen atoms in total. The Labute approximate surface area is 182 Å². The van der Waals surface area contributed by atoms with Gasteiger partial charge in [-0.2, -0.15) is 0 Å². The molecule has 1 rings (SSSR count). The number of hydrogen-bond donors (Lipinski definition) is 2. The van der Waals surface area contributed by atoms with Gasteiger partial charge < -0.3 is 25.2 Å². The first kappa shape index (κ1) is 27.0. The highest BCUT2D eigenvalue weighted by atomic mass is 16.5. The van der Waals surface area contributed by atoms with Crippen LogP contribution in [-0.2, 0) is 19.1 Å². The minimum Gasteiger partial charge on any atom is -0.462 e. The third-order valence-corrected chi connectivity index (χ3v) is 6.32. The van der Waals surface area contributed by atoms with Gasteiger partial charge in [0.15, 0.2) is 0 Å². The quantitative estimate of drug-likeness (QED) is 0.511. The molecule has 1 aliphatic heterocycles. The van der Waals surface area contributed by atoms with Crippen LogP contribution < -0.4 is 5.73 Å². The molecule has 0 aromatic rings. The fourth-order valence-electron chi connectivity index (χ4n) is 4.47. The zero-order valence-corrected chi connectivity index (χ0v) is 19.8. The fourth-order valence-corrected chi connectivity index (χ4v) is 4.47. The Morgan fingerprint density at radius 1 is 1.23 bits per heavy atom. The van der Waals surface area contributed by atoms with Crippen LogP contribution in [0.3, 0.4) is 0 Å². The molecule has 1 saturated heterocycles. The molecule has 0 radical (unpaired) electrons. The Balaban J connectivity index is 3.04. The summed E-state index contributed by atoms with van der Waals surface area (Å²) in [6.07, 6.45) is 0.993. The Hall–Kier alpha value is -1.02. The summed E-state index contributed by atoms with van der Waals surface area (Å²) >= 11 is 0. The zero-order valence-electron chi connectivity index (χ0n) is 19.8. The molecule has 0 aromatic carbocycles. The van der Waals surface area contributed by atoms with E-state index in [-0.39, 0.29) is 49.4 Å². The van der Waals surface area contributed by atoms with Crippen LogP contribution in [0, 0.1) is 23.7 Å². The molecule has 0 saturated carbocycles. The van der Waals surface area contributed by atoms with E-state index < -0.39 is 18.0 Å². The number of cyclic esters (lactones) is 1. The van der Waals surface area contributed by atoms with Crippen molar-refractivity contribution in [3.8, 4) is 0 Å². The third-order valence-electron chi connectivity index (χ3n) is 6.32. The number of nitrogens with two attached hydrogens (primary N) is 1. The molecule has 1 aliphatic rings. The molecule has 1 unspecified atom stereocenters. The fraction of sp³-hybridized carbons (Fsp3) is 0.913. The topological polar surface area (TPSA) is 102 Å². The van der Waals surface area contributed by atoms with Crippen LogP contribution in [0.5, 0.6) is 0 Å². The van der Waals surface area contributed by atoms with E-state index in [0.717, 1.165) is 32.4 Å². The van der Waals surface area contributed by atoms with E-state index in [1.54, 1.807) is 6.92 Å². The van der Waals surface area contributed by atoms with Gasteiger partial charge in [-0.25, -0.2) is 0 Å². The lowest BCUT2D eigenvalue weighted by atomic mass is 9.84. The van der Waals surface area contributed by atoms with Gasteiger partial charge in [-0.15, -0.1) is 0 Å². The highest BCUT2D eigenvalue weighted by Gasteiger charge is 2.33. The van der Waals surface area contributed by atoms with Crippen molar-refractivity contribution in [2.24, 2.45) is 29.4 Å². The average Bonchev–Trinajstić information content (AvgIpc) is 2.68. The first-order valence-corrected chi connectivity index (χ1v) is 11.5. The lowest BCUT2D eigenvalue weighted by molar-refractivity contribution is -0.155. The number of carbonyl (C=O) groups excluding carboxylic acids is 2. The van der Waals surface area contributed by atoms with Gasteiger partial charge in [-0.05, 0) is 50.6 Å². The largest absolute Gasteiger partial charge is 0.462 e. The van der Waals surface area contributed by atoms with Crippen molar-refractivity contribution < 1.29 is 24.2 Å². The molecule has 3 N–H and O–H groups in total. The van der Waals surface area contributed by atoms with Gasteiger partial charge in [0.2, 0.25) is 0 Å². The van der Waals surface area contributed by atoms with Crippen molar-refractivity contribution in [2.75, 3.05) is 33.3 Å². The number of esters is 1. The number of aliphatic hydroxyl groups excluding tert-OH is 1. The first-order chi connectivity index (χ1) is 14.1. The van der Waals surface area contributed by atoms with Crippen LogP contribution in [0.25, 0.3) is 0 Å². The second kappa shape index (κ2) is 13.4. The van der Waals surface area contributed by atoms with E-state index in [9.17, 15) is 14.7 Å². The molecule has 30 heavy (non-hydrogen) atoms. The van der Waals surface area contributed by atoms with Crippen LogP contribution in [0.1, 0.15) is 60.3 Å². The van der Waals surface area contributed by atoms with Crippen molar-refractivity contribution in [1.82, 2.24) is 4.90 Å². The molecule has 176 valence electrons. The van der Waals surface area contributed by atoms with Crippen LogP contribution in [0.15, 0.2) is 0 Å². The standard InChI is InChI=1S/C23H44N2O5/c1-7-21-16(3)8-9-25(6)13-15(2)10-17(4)23(29-14-19(26)12-24)18(5)20(27)11-22(28)30-21/h15-19,21,23,26H,7-14,24H2,1-6H3/t15-,16-,17+,18+,19?,21-,23+/m1/s1. The van der Waals surface area contributed by atoms with Crippen LogP contribution in [-0.4, -0.2) is 73.4 Å². The molecule has 0 aliphatic carbocycles. The van der Waals surface area contributed by atoms with Crippen molar-refractivity contribution >= 4 is 11.8 Å². The number of rotatable bonds is 5.